The molecule has 1 N–H and O–H groups in total. The molecule has 1 aromatic carbocycles. The molecule has 112 valence electrons. The average Bonchev–Trinajstić information content (AvgIpc) is 3.15. The molecule has 0 unspecified atom stereocenters. The molecule has 2 aromatic rings. The first-order valence-electron chi connectivity index (χ1n) is 7.89. The SMILES string of the molecule is Cc1cccc(CSc2n[nH]c(CCC3CCCC3)n2)c1. The highest BCUT2D eigenvalue weighted by Crippen LogP contribution is 2.28. The fraction of sp³-hybridized carbons (Fsp3) is 0.529. The van der Waals surface area contributed by atoms with Gasteiger partial charge in [0.25, 0.3) is 0 Å². The first-order chi connectivity index (χ1) is 10.3. The van der Waals surface area contributed by atoms with Gasteiger partial charge in [0.15, 0.2) is 0 Å². The molecular weight excluding hydrogens is 278 g/mol. The molecule has 0 aliphatic heterocycles. The van der Waals surface area contributed by atoms with E-state index in [1.165, 1.54) is 43.2 Å². The van der Waals surface area contributed by atoms with Crippen molar-refractivity contribution in [1.82, 2.24) is 15.2 Å². The van der Waals surface area contributed by atoms with Crippen LogP contribution in [-0.2, 0) is 12.2 Å². The van der Waals surface area contributed by atoms with E-state index in [0.29, 0.717) is 0 Å². The predicted molar refractivity (Wildman–Crippen MR) is 87.4 cm³/mol. The lowest BCUT2D eigenvalue weighted by atomic mass is 10.0. The Bertz CT molecular complexity index is 573. The third kappa shape index (κ3) is 4.34. The van der Waals surface area contributed by atoms with Gasteiger partial charge >= 0.3 is 0 Å². The highest BCUT2D eigenvalue weighted by Gasteiger charge is 2.15. The van der Waals surface area contributed by atoms with Gasteiger partial charge in [-0.1, -0.05) is 67.3 Å². The van der Waals surface area contributed by atoms with Crippen molar-refractivity contribution < 1.29 is 0 Å². The summed E-state index contributed by atoms with van der Waals surface area (Å²) in [6.45, 7) is 2.13. The van der Waals surface area contributed by atoms with Crippen LogP contribution in [0.5, 0.6) is 0 Å². The molecule has 0 amide bonds. The van der Waals surface area contributed by atoms with E-state index >= 15 is 0 Å². The number of hydrogen-bond acceptors (Lipinski definition) is 3. The Morgan fingerprint density at radius 2 is 2.14 bits per heavy atom. The van der Waals surface area contributed by atoms with E-state index < -0.39 is 0 Å². The molecule has 0 spiro atoms. The Balaban J connectivity index is 1.48. The van der Waals surface area contributed by atoms with Gasteiger partial charge in [0.2, 0.25) is 5.16 Å². The molecule has 1 heterocycles. The minimum Gasteiger partial charge on any atom is -0.262 e. The summed E-state index contributed by atoms with van der Waals surface area (Å²) in [6, 6.07) is 8.62. The lowest BCUT2D eigenvalue weighted by Crippen LogP contribution is -1.97. The number of aryl methyl sites for hydroxylation is 2. The summed E-state index contributed by atoms with van der Waals surface area (Å²) in [4.78, 5) is 4.61. The van der Waals surface area contributed by atoms with Gasteiger partial charge in [-0.3, -0.25) is 5.10 Å². The Morgan fingerprint density at radius 3 is 2.95 bits per heavy atom. The van der Waals surface area contributed by atoms with Crippen LogP contribution < -0.4 is 0 Å². The maximum absolute atomic E-state index is 4.61. The average molecular weight is 301 g/mol. The van der Waals surface area contributed by atoms with Gasteiger partial charge in [0.1, 0.15) is 5.82 Å². The normalized spacial score (nSPS) is 15.7. The van der Waals surface area contributed by atoms with Crippen molar-refractivity contribution in [2.24, 2.45) is 5.92 Å². The van der Waals surface area contributed by atoms with Crippen LogP contribution in [0.1, 0.15) is 49.1 Å². The zero-order valence-corrected chi connectivity index (χ0v) is 13.5. The van der Waals surface area contributed by atoms with Crippen molar-refractivity contribution in [3.63, 3.8) is 0 Å². The Morgan fingerprint density at radius 1 is 1.29 bits per heavy atom. The van der Waals surface area contributed by atoms with Crippen LogP contribution >= 0.6 is 11.8 Å². The number of hydrogen-bond donors (Lipinski definition) is 1. The van der Waals surface area contributed by atoms with Crippen molar-refractivity contribution in [1.29, 1.82) is 0 Å². The van der Waals surface area contributed by atoms with E-state index in [2.05, 4.69) is 46.4 Å². The van der Waals surface area contributed by atoms with E-state index in [0.717, 1.165) is 29.1 Å². The van der Waals surface area contributed by atoms with Crippen molar-refractivity contribution >= 4 is 11.8 Å². The van der Waals surface area contributed by atoms with Crippen LogP contribution in [0, 0.1) is 12.8 Å². The largest absolute Gasteiger partial charge is 0.262 e. The van der Waals surface area contributed by atoms with Crippen LogP contribution in [0.25, 0.3) is 0 Å². The molecule has 1 aliphatic carbocycles. The standard InChI is InChI=1S/C17H23N3S/c1-13-5-4-8-15(11-13)12-21-17-18-16(19-20-17)10-9-14-6-2-3-7-14/h4-5,8,11,14H,2-3,6-7,9-10,12H2,1H3,(H,18,19,20). The predicted octanol–water partition coefficient (Wildman–Crippen LogP) is 4.53. The summed E-state index contributed by atoms with van der Waals surface area (Å²) in [7, 11) is 0. The molecule has 0 saturated heterocycles. The van der Waals surface area contributed by atoms with E-state index in [9.17, 15) is 0 Å². The fourth-order valence-corrected chi connectivity index (χ4v) is 3.80. The molecule has 1 fully saturated rings. The summed E-state index contributed by atoms with van der Waals surface area (Å²) in [5.74, 6) is 2.90. The number of thioether (sulfide) groups is 1. The van der Waals surface area contributed by atoms with Crippen LogP contribution in [0.3, 0.4) is 0 Å². The third-order valence-electron chi connectivity index (χ3n) is 4.23. The van der Waals surface area contributed by atoms with E-state index in [-0.39, 0.29) is 0 Å². The molecule has 4 heteroatoms. The second-order valence-corrected chi connectivity index (χ2v) is 6.97. The van der Waals surface area contributed by atoms with Crippen molar-refractivity contribution in [3.05, 3.63) is 41.2 Å². The highest BCUT2D eigenvalue weighted by atomic mass is 32.2. The summed E-state index contributed by atoms with van der Waals surface area (Å²) in [5, 5.41) is 8.29. The van der Waals surface area contributed by atoms with Gasteiger partial charge in [0.05, 0.1) is 0 Å². The number of aromatic nitrogens is 3. The zero-order chi connectivity index (χ0) is 14.5. The number of rotatable bonds is 6. The summed E-state index contributed by atoms with van der Waals surface area (Å²) >= 11 is 1.71. The van der Waals surface area contributed by atoms with Gasteiger partial charge < -0.3 is 0 Å². The molecular formula is C17H23N3S. The number of benzene rings is 1. The lowest BCUT2D eigenvalue weighted by Gasteiger charge is -2.05. The molecule has 0 atom stereocenters. The number of nitrogens with one attached hydrogen (secondary N) is 1. The second-order valence-electron chi connectivity index (χ2n) is 6.03. The molecule has 3 nitrogen and oxygen atoms in total. The summed E-state index contributed by atoms with van der Waals surface area (Å²) in [6.07, 6.45) is 7.95. The maximum atomic E-state index is 4.61. The topological polar surface area (TPSA) is 41.6 Å². The van der Waals surface area contributed by atoms with Gasteiger partial charge in [0, 0.05) is 12.2 Å². The second kappa shape index (κ2) is 7.12. The van der Waals surface area contributed by atoms with Crippen LogP contribution in [-0.4, -0.2) is 15.2 Å². The molecule has 1 aromatic heterocycles. The molecule has 1 saturated carbocycles. The smallest absolute Gasteiger partial charge is 0.208 e. The minimum atomic E-state index is 0.873. The van der Waals surface area contributed by atoms with E-state index in [1.807, 2.05) is 0 Å². The van der Waals surface area contributed by atoms with E-state index in [4.69, 9.17) is 0 Å². The van der Waals surface area contributed by atoms with Crippen LogP contribution in [0.15, 0.2) is 29.4 Å². The fourth-order valence-electron chi connectivity index (χ4n) is 3.04. The van der Waals surface area contributed by atoms with Crippen molar-refractivity contribution in [2.45, 2.75) is 56.4 Å². The molecule has 0 radical (unpaired) electrons. The van der Waals surface area contributed by atoms with Crippen LogP contribution in [0.4, 0.5) is 0 Å². The monoisotopic (exact) mass is 301 g/mol. The Hall–Kier alpha value is -1.29. The van der Waals surface area contributed by atoms with Gasteiger partial charge in [-0.25, -0.2) is 4.98 Å². The highest BCUT2D eigenvalue weighted by molar-refractivity contribution is 7.98. The first kappa shape index (κ1) is 14.6. The minimum absolute atomic E-state index is 0.873. The summed E-state index contributed by atoms with van der Waals surface area (Å²) < 4.78 is 0. The van der Waals surface area contributed by atoms with Crippen molar-refractivity contribution in [2.75, 3.05) is 0 Å². The molecule has 3 rings (SSSR count). The lowest BCUT2D eigenvalue weighted by molar-refractivity contribution is 0.497. The Labute approximate surface area is 131 Å². The van der Waals surface area contributed by atoms with Gasteiger partial charge in [-0.15, -0.1) is 5.10 Å². The van der Waals surface area contributed by atoms with Gasteiger partial charge in [-0.05, 0) is 24.8 Å². The quantitative estimate of drug-likeness (QED) is 0.797. The zero-order valence-electron chi connectivity index (χ0n) is 12.6. The molecule has 21 heavy (non-hydrogen) atoms. The van der Waals surface area contributed by atoms with E-state index in [1.54, 1.807) is 11.8 Å². The maximum Gasteiger partial charge on any atom is 0.208 e. The third-order valence-corrected chi connectivity index (χ3v) is 5.14. The number of nitrogens with zero attached hydrogens (tertiary/aromatic N) is 2. The molecule has 1 aliphatic rings. The van der Waals surface area contributed by atoms with Crippen LogP contribution in [0.2, 0.25) is 0 Å². The summed E-state index contributed by atoms with van der Waals surface area (Å²) in [5.41, 5.74) is 2.64. The number of H-pyrrole nitrogens is 1. The molecule has 0 bridgehead atoms. The first-order valence-corrected chi connectivity index (χ1v) is 8.88. The van der Waals surface area contributed by atoms with Gasteiger partial charge in [-0.2, -0.15) is 0 Å². The number of aromatic amines is 1. The Kier molecular flexibility index (Phi) is 4.96. The van der Waals surface area contributed by atoms with Crippen molar-refractivity contribution in [3.8, 4) is 0 Å².